The minimum absolute atomic E-state index is 0.202. The topological polar surface area (TPSA) is 89.1 Å². The molecule has 0 fully saturated rings. The summed E-state index contributed by atoms with van der Waals surface area (Å²) in [7, 11) is 1.10. The van der Waals surface area contributed by atoms with E-state index in [0.717, 1.165) is 7.11 Å². The lowest BCUT2D eigenvalue weighted by molar-refractivity contribution is -0.390. The highest BCUT2D eigenvalue weighted by Gasteiger charge is 2.27. The third-order valence-corrected chi connectivity index (χ3v) is 2.02. The SMILES string of the molecule is COc1c([N+](=O)[O-])ncc(C(F)F)c1CC#N. The lowest BCUT2D eigenvalue weighted by Crippen LogP contribution is -2.04. The van der Waals surface area contributed by atoms with Crippen molar-refractivity contribution in [1.29, 1.82) is 5.26 Å². The van der Waals surface area contributed by atoms with Crippen molar-refractivity contribution in [3.63, 3.8) is 0 Å². The van der Waals surface area contributed by atoms with Gasteiger partial charge in [-0.15, -0.1) is 0 Å². The van der Waals surface area contributed by atoms with Crippen LogP contribution in [0, 0.1) is 21.4 Å². The van der Waals surface area contributed by atoms with Gasteiger partial charge in [-0.25, -0.2) is 8.78 Å². The monoisotopic (exact) mass is 243 g/mol. The first-order chi connectivity index (χ1) is 8.02. The molecule has 0 amide bonds. The van der Waals surface area contributed by atoms with Crippen LogP contribution in [-0.2, 0) is 6.42 Å². The van der Waals surface area contributed by atoms with Crippen LogP contribution >= 0.6 is 0 Å². The number of pyridine rings is 1. The zero-order valence-electron chi connectivity index (χ0n) is 8.68. The van der Waals surface area contributed by atoms with Gasteiger partial charge in [-0.2, -0.15) is 5.26 Å². The predicted molar refractivity (Wildman–Crippen MR) is 51.7 cm³/mol. The Morgan fingerprint density at radius 1 is 1.71 bits per heavy atom. The number of hydrogen-bond acceptors (Lipinski definition) is 5. The molecule has 0 aromatic carbocycles. The molecular weight excluding hydrogens is 236 g/mol. The molecule has 0 N–H and O–H groups in total. The lowest BCUT2D eigenvalue weighted by atomic mass is 10.1. The van der Waals surface area contributed by atoms with Crippen LogP contribution in [0.15, 0.2) is 6.20 Å². The van der Waals surface area contributed by atoms with Gasteiger partial charge in [-0.1, -0.05) is 0 Å². The number of halogens is 2. The molecule has 0 aliphatic heterocycles. The maximum Gasteiger partial charge on any atom is 0.406 e. The number of nitro groups is 1. The summed E-state index contributed by atoms with van der Waals surface area (Å²) in [5, 5.41) is 19.1. The summed E-state index contributed by atoms with van der Waals surface area (Å²) in [6.45, 7) is 0. The molecule has 90 valence electrons. The van der Waals surface area contributed by atoms with E-state index in [4.69, 9.17) is 10.00 Å². The number of nitrogens with zero attached hydrogens (tertiary/aromatic N) is 3. The van der Waals surface area contributed by atoms with Gasteiger partial charge in [0.1, 0.15) is 6.20 Å². The van der Waals surface area contributed by atoms with Gasteiger partial charge in [0, 0.05) is 5.56 Å². The van der Waals surface area contributed by atoms with Gasteiger partial charge in [-0.3, -0.25) is 0 Å². The second kappa shape index (κ2) is 5.16. The minimum Gasteiger partial charge on any atom is -0.489 e. The van der Waals surface area contributed by atoms with Gasteiger partial charge in [-0.05, 0) is 9.91 Å². The molecule has 17 heavy (non-hydrogen) atoms. The van der Waals surface area contributed by atoms with Gasteiger partial charge in [0.05, 0.1) is 25.2 Å². The second-order valence-corrected chi connectivity index (χ2v) is 2.94. The lowest BCUT2D eigenvalue weighted by Gasteiger charge is -2.09. The smallest absolute Gasteiger partial charge is 0.406 e. The van der Waals surface area contributed by atoms with E-state index in [1.165, 1.54) is 0 Å². The predicted octanol–water partition coefficient (Wildman–Crippen LogP) is 2.00. The summed E-state index contributed by atoms with van der Waals surface area (Å²) >= 11 is 0. The average Bonchev–Trinajstić information content (AvgIpc) is 2.28. The maximum atomic E-state index is 12.6. The molecule has 1 rings (SSSR count). The zero-order valence-corrected chi connectivity index (χ0v) is 8.68. The molecule has 0 bridgehead atoms. The van der Waals surface area contributed by atoms with Crippen molar-refractivity contribution in [3.8, 4) is 11.8 Å². The van der Waals surface area contributed by atoms with Gasteiger partial charge in [0.25, 0.3) is 6.43 Å². The number of hydrogen-bond donors (Lipinski definition) is 0. The summed E-state index contributed by atoms with van der Waals surface area (Å²) in [6, 6.07) is 1.66. The van der Waals surface area contributed by atoms with E-state index in [9.17, 15) is 18.9 Å². The van der Waals surface area contributed by atoms with Crippen LogP contribution in [0.3, 0.4) is 0 Å². The Morgan fingerprint density at radius 3 is 2.76 bits per heavy atom. The van der Waals surface area contributed by atoms with Crippen LogP contribution in [0.1, 0.15) is 17.6 Å². The van der Waals surface area contributed by atoms with Gasteiger partial charge in [0.2, 0.25) is 5.75 Å². The first kappa shape index (κ1) is 12.8. The summed E-state index contributed by atoms with van der Waals surface area (Å²) in [6.07, 6.45) is -2.59. The number of ether oxygens (including phenoxy) is 1. The largest absolute Gasteiger partial charge is 0.489 e. The molecule has 0 saturated carbocycles. The molecule has 0 radical (unpaired) electrons. The zero-order chi connectivity index (χ0) is 13.0. The third-order valence-electron chi connectivity index (χ3n) is 2.02. The van der Waals surface area contributed by atoms with Crippen molar-refractivity contribution in [3.05, 3.63) is 27.4 Å². The van der Waals surface area contributed by atoms with E-state index in [-0.39, 0.29) is 5.56 Å². The van der Waals surface area contributed by atoms with E-state index in [1.54, 1.807) is 6.07 Å². The molecule has 1 aromatic rings. The molecule has 0 atom stereocenters. The standard InChI is InChI=1S/C9H7F2N3O3/c1-17-7-5(2-3-12)6(8(10)11)4-13-9(7)14(15)16/h4,8H,2H2,1H3. The van der Waals surface area contributed by atoms with Gasteiger partial charge < -0.3 is 14.9 Å². The van der Waals surface area contributed by atoms with Crippen molar-refractivity contribution in [2.45, 2.75) is 12.8 Å². The van der Waals surface area contributed by atoms with Crippen molar-refractivity contribution in [2.75, 3.05) is 7.11 Å². The van der Waals surface area contributed by atoms with Gasteiger partial charge >= 0.3 is 5.82 Å². The normalized spacial score (nSPS) is 10.1. The fourth-order valence-electron chi connectivity index (χ4n) is 1.33. The Kier molecular flexibility index (Phi) is 3.87. The highest BCUT2D eigenvalue weighted by molar-refractivity contribution is 5.51. The highest BCUT2D eigenvalue weighted by Crippen LogP contribution is 2.35. The fraction of sp³-hybridized carbons (Fsp3) is 0.333. The van der Waals surface area contributed by atoms with Gasteiger partial charge in [0.15, 0.2) is 0 Å². The van der Waals surface area contributed by atoms with Crippen LogP contribution in [0.2, 0.25) is 0 Å². The quantitative estimate of drug-likeness (QED) is 0.596. The number of rotatable bonds is 4. The minimum atomic E-state index is -2.87. The number of aromatic nitrogens is 1. The average molecular weight is 243 g/mol. The van der Waals surface area contributed by atoms with Crippen LogP contribution in [0.4, 0.5) is 14.6 Å². The molecule has 1 aromatic heterocycles. The molecule has 0 saturated heterocycles. The van der Waals surface area contributed by atoms with Crippen LogP contribution in [0.5, 0.6) is 5.75 Å². The highest BCUT2D eigenvalue weighted by atomic mass is 19.3. The van der Waals surface area contributed by atoms with E-state index in [0.29, 0.717) is 6.20 Å². The molecule has 6 nitrogen and oxygen atoms in total. The molecule has 0 aliphatic rings. The van der Waals surface area contributed by atoms with Crippen molar-refractivity contribution >= 4 is 5.82 Å². The summed E-state index contributed by atoms with van der Waals surface area (Å²) in [4.78, 5) is 13.1. The molecule has 0 spiro atoms. The molecule has 1 heterocycles. The maximum absolute atomic E-state index is 12.6. The van der Waals surface area contributed by atoms with E-state index in [2.05, 4.69) is 4.98 Å². The Balaban J connectivity index is 3.50. The Morgan fingerprint density at radius 2 is 2.35 bits per heavy atom. The van der Waals surface area contributed by atoms with Crippen LogP contribution in [-0.4, -0.2) is 17.0 Å². The Hall–Kier alpha value is -2.30. The Labute approximate surface area is 94.6 Å². The molecule has 0 aliphatic carbocycles. The first-order valence-electron chi connectivity index (χ1n) is 4.38. The number of alkyl halides is 2. The van der Waals surface area contributed by atoms with Crippen LogP contribution < -0.4 is 4.74 Å². The Bertz CT molecular complexity index is 485. The van der Waals surface area contributed by atoms with Crippen molar-refractivity contribution in [1.82, 2.24) is 4.98 Å². The van der Waals surface area contributed by atoms with E-state index >= 15 is 0 Å². The number of methoxy groups -OCH3 is 1. The van der Waals surface area contributed by atoms with E-state index in [1.807, 2.05) is 0 Å². The second-order valence-electron chi connectivity index (χ2n) is 2.94. The molecule has 0 unspecified atom stereocenters. The molecule has 8 heteroatoms. The molecular formula is C9H7F2N3O3. The third kappa shape index (κ3) is 2.44. The first-order valence-corrected chi connectivity index (χ1v) is 4.38. The summed E-state index contributed by atoms with van der Waals surface area (Å²) in [5.41, 5.74) is -0.735. The van der Waals surface area contributed by atoms with Crippen molar-refractivity contribution in [2.24, 2.45) is 0 Å². The summed E-state index contributed by atoms with van der Waals surface area (Å²) < 4.78 is 29.9. The van der Waals surface area contributed by atoms with Crippen molar-refractivity contribution < 1.29 is 18.4 Å². The van der Waals surface area contributed by atoms with Crippen LogP contribution in [0.25, 0.3) is 0 Å². The fourth-order valence-corrected chi connectivity index (χ4v) is 1.33. The summed E-state index contributed by atoms with van der Waals surface area (Å²) in [5.74, 6) is -1.07. The number of nitriles is 1. The van der Waals surface area contributed by atoms with E-state index < -0.39 is 34.9 Å².